The zero-order chi connectivity index (χ0) is 14.9. The van der Waals surface area contributed by atoms with Gasteiger partial charge in [-0.2, -0.15) is 0 Å². The monoisotopic (exact) mass is 275 g/mol. The van der Waals surface area contributed by atoms with E-state index in [1.807, 2.05) is 26.8 Å². The molecule has 2 heterocycles. The Morgan fingerprint density at radius 3 is 2.55 bits per heavy atom. The molecular formula is C14H17N3O3. The molecule has 2 aromatic rings. The second-order valence-corrected chi connectivity index (χ2v) is 4.85. The maximum absolute atomic E-state index is 10.7. The third kappa shape index (κ3) is 2.79. The van der Waals surface area contributed by atoms with Crippen LogP contribution in [0.15, 0.2) is 22.7 Å². The summed E-state index contributed by atoms with van der Waals surface area (Å²) in [5, 5.41) is 13.9. The molecule has 6 heteroatoms. The molecule has 0 aliphatic rings. The van der Waals surface area contributed by atoms with Gasteiger partial charge in [0.2, 0.25) is 0 Å². The first-order chi connectivity index (χ1) is 9.38. The van der Waals surface area contributed by atoms with Gasteiger partial charge in [-0.15, -0.1) is 0 Å². The quantitative estimate of drug-likeness (QED) is 0.680. The Kier molecular flexibility index (Phi) is 3.74. The Morgan fingerprint density at radius 1 is 1.35 bits per heavy atom. The minimum absolute atomic E-state index is 0.00367. The van der Waals surface area contributed by atoms with Crippen LogP contribution in [0.1, 0.15) is 35.6 Å². The zero-order valence-corrected chi connectivity index (χ0v) is 11.9. The number of aromatic nitrogens is 1. The van der Waals surface area contributed by atoms with Crippen molar-refractivity contribution < 1.29 is 9.34 Å². The van der Waals surface area contributed by atoms with Crippen LogP contribution in [0.25, 0.3) is 0 Å². The third-order valence-corrected chi connectivity index (χ3v) is 3.17. The summed E-state index contributed by atoms with van der Waals surface area (Å²) in [7, 11) is 0. The number of nitrogens with one attached hydrogen (secondary N) is 1. The van der Waals surface area contributed by atoms with Gasteiger partial charge < -0.3 is 9.73 Å². The predicted molar refractivity (Wildman–Crippen MR) is 75.8 cm³/mol. The van der Waals surface area contributed by atoms with Crippen molar-refractivity contribution in [3.63, 3.8) is 0 Å². The fourth-order valence-electron chi connectivity index (χ4n) is 2.17. The highest BCUT2D eigenvalue weighted by molar-refractivity contribution is 5.49. The highest BCUT2D eigenvalue weighted by Crippen LogP contribution is 2.26. The van der Waals surface area contributed by atoms with Gasteiger partial charge in [0.1, 0.15) is 23.5 Å². The lowest BCUT2D eigenvalue weighted by Gasteiger charge is -2.15. The molecule has 1 atom stereocenters. The molecular weight excluding hydrogens is 258 g/mol. The Balaban J connectivity index is 2.22. The highest BCUT2D eigenvalue weighted by atomic mass is 16.6. The van der Waals surface area contributed by atoms with E-state index in [0.29, 0.717) is 5.82 Å². The van der Waals surface area contributed by atoms with E-state index in [4.69, 9.17) is 4.42 Å². The third-order valence-electron chi connectivity index (χ3n) is 3.17. The van der Waals surface area contributed by atoms with Gasteiger partial charge in [0, 0.05) is 11.6 Å². The molecule has 1 N–H and O–H groups in total. The minimum atomic E-state index is -0.448. The molecule has 0 fully saturated rings. The predicted octanol–water partition coefficient (Wildman–Crippen LogP) is 3.68. The molecule has 1 unspecified atom stereocenters. The first-order valence-electron chi connectivity index (χ1n) is 6.33. The number of hydrogen-bond acceptors (Lipinski definition) is 5. The van der Waals surface area contributed by atoms with Crippen molar-refractivity contribution in [1.82, 2.24) is 4.98 Å². The van der Waals surface area contributed by atoms with Crippen molar-refractivity contribution in [2.45, 2.75) is 33.7 Å². The molecule has 0 aromatic carbocycles. The normalized spacial score (nSPS) is 12.2. The van der Waals surface area contributed by atoms with Crippen molar-refractivity contribution in [3.05, 3.63) is 51.1 Å². The van der Waals surface area contributed by atoms with Crippen LogP contribution >= 0.6 is 0 Å². The van der Waals surface area contributed by atoms with Crippen LogP contribution in [-0.2, 0) is 0 Å². The molecule has 106 valence electrons. The lowest BCUT2D eigenvalue weighted by Crippen LogP contribution is -2.09. The number of anilines is 1. The molecule has 0 saturated heterocycles. The number of nitrogens with zero attached hydrogens (tertiary/aromatic N) is 2. The summed E-state index contributed by atoms with van der Waals surface area (Å²) < 4.78 is 5.50. The van der Waals surface area contributed by atoms with Crippen molar-refractivity contribution in [2.75, 3.05) is 5.32 Å². The van der Waals surface area contributed by atoms with Gasteiger partial charge in [-0.25, -0.2) is 4.98 Å². The number of rotatable bonds is 4. The average Bonchev–Trinajstić information content (AvgIpc) is 2.70. The lowest BCUT2D eigenvalue weighted by atomic mass is 10.1. The highest BCUT2D eigenvalue weighted by Gasteiger charge is 2.15. The Bertz CT molecular complexity index is 649. The molecule has 20 heavy (non-hydrogen) atoms. The molecule has 0 amide bonds. The smallest absolute Gasteiger partial charge is 0.287 e. The topological polar surface area (TPSA) is 81.2 Å². The first-order valence-corrected chi connectivity index (χ1v) is 6.33. The summed E-state index contributed by atoms with van der Waals surface area (Å²) in [4.78, 5) is 14.4. The first kappa shape index (κ1) is 14.0. The van der Waals surface area contributed by atoms with Gasteiger partial charge >= 0.3 is 0 Å². The van der Waals surface area contributed by atoms with Crippen LogP contribution in [0.5, 0.6) is 0 Å². The van der Waals surface area contributed by atoms with Gasteiger partial charge in [-0.3, -0.25) is 10.1 Å². The van der Waals surface area contributed by atoms with Crippen LogP contribution < -0.4 is 5.32 Å². The van der Waals surface area contributed by atoms with Crippen LogP contribution in [0.2, 0.25) is 0 Å². The molecule has 0 aliphatic heterocycles. The molecule has 0 spiro atoms. The van der Waals surface area contributed by atoms with Crippen LogP contribution in [-0.4, -0.2) is 9.91 Å². The number of nitro groups is 1. The van der Waals surface area contributed by atoms with Crippen LogP contribution in [0.4, 0.5) is 11.5 Å². The molecule has 0 radical (unpaired) electrons. The van der Waals surface area contributed by atoms with Gasteiger partial charge in [-0.05, 0) is 39.3 Å². The Morgan fingerprint density at radius 2 is 2.05 bits per heavy atom. The van der Waals surface area contributed by atoms with E-state index >= 15 is 0 Å². The van der Waals surface area contributed by atoms with Gasteiger partial charge in [0.25, 0.3) is 5.69 Å². The maximum atomic E-state index is 10.7. The molecule has 6 nitrogen and oxygen atoms in total. The summed E-state index contributed by atoms with van der Waals surface area (Å²) in [6.07, 6.45) is 1.26. The molecule has 2 rings (SSSR count). The van der Waals surface area contributed by atoms with Crippen molar-refractivity contribution in [2.24, 2.45) is 0 Å². The zero-order valence-electron chi connectivity index (χ0n) is 11.9. The minimum Gasteiger partial charge on any atom is -0.466 e. The number of hydrogen-bond donors (Lipinski definition) is 1. The van der Waals surface area contributed by atoms with Crippen LogP contribution in [0.3, 0.4) is 0 Å². The molecule has 0 saturated carbocycles. The van der Waals surface area contributed by atoms with E-state index in [1.54, 1.807) is 6.92 Å². The van der Waals surface area contributed by atoms with Gasteiger partial charge in [0.05, 0.1) is 11.0 Å². The fraction of sp³-hybridized carbons (Fsp3) is 0.357. The fourth-order valence-corrected chi connectivity index (χ4v) is 2.17. The van der Waals surface area contributed by atoms with E-state index in [-0.39, 0.29) is 11.7 Å². The van der Waals surface area contributed by atoms with E-state index in [2.05, 4.69) is 10.3 Å². The molecule has 2 aromatic heterocycles. The summed E-state index contributed by atoms with van der Waals surface area (Å²) in [6.45, 7) is 7.61. The average molecular weight is 275 g/mol. The number of aryl methyl sites for hydroxylation is 3. The molecule has 0 aliphatic carbocycles. The van der Waals surface area contributed by atoms with E-state index in [9.17, 15) is 10.1 Å². The summed E-state index contributed by atoms with van der Waals surface area (Å²) in [5.74, 6) is 2.36. The lowest BCUT2D eigenvalue weighted by molar-refractivity contribution is -0.385. The van der Waals surface area contributed by atoms with Crippen molar-refractivity contribution >= 4 is 11.5 Å². The number of furan rings is 1. The van der Waals surface area contributed by atoms with Crippen molar-refractivity contribution in [3.8, 4) is 0 Å². The molecule has 0 bridgehead atoms. The van der Waals surface area contributed by atoms with E-state index in [1.165, 1.54) is 12.3 Å². The maximum Gasteiger partial charge on any atom is 0.287 e. The summed E-state index contributed by atoms with van der Waals surface area (Å²) in [5.41, 5.74) is 1.79. The second-order valence-electron chi connectivity index (χ2n) is 4.85. The summed E-state index contributed by atoms with van der Waals surface area (Å²) in [6, 6.07) is 3.50. The summed E-state index contributed by atoms with van der Waals surface area (Å²) >= 11 is 0. The van der Waals surface area contributed by atoms with Crippen molar-refractivity contribution in [1.29, 1.82) is 0 Å². The number of pyridine rings is 1. The van der Waals surface area contributed by atoms with Gasteiger partial charge in [0.15, 0.2) is 0 Å². The van der Waals surface area contributed by atoms with Crippen LogP contribution in [0, 0.1) is 30.9 Å². The SMILES string of the molecule is Cc1cc(C(C)Nc2ncc([N+](=O)[O-])cc2C)c(C)o1. The van der Waals surface area contributed by atoms with E-state index in [0.717, 1.165) is 22.6 Å². The Hall–Kier alpha value is -2.37. The largest absolute Gasteiger partial charge is 0.466 e. The second kappa shape index (κ2) is 5.32. The Labute approximate surface area is 117 Å². The van der Waals surface area contributed by atoms with Gasteiger partial charge in [-0.1, -0.05) is 0 Å². The standard InChI is InChI=1S/C14H17N3O3/c1-8-5-12(17(18)19)7-15-14(8)16-10(3)13-6-9(2)20-11(13)4/h5-7,10H,1-4H3,(H,15,16). The van der Waals surface area contributed by atoms with E-state index < -0.39 is 4.92 Å².